The highest BCUT2D eigenvalue weighted by atomic mass is 32.2. The van der Waals surface area contributed by atoms with Crippen molar-refractivity contribution in [3.05, 3.63) is 54.6 Å². The lowest BCUT2D eigenvalue weighted by atomic mass is 10.2. The molecule has 0 saturated heterocycles. The molecule has 0 aliphatic heterocycles. The minimum Gasteiger partial charge on any atom is -0.266 e. The molecule has 3 nitrogen and oxygen atoms in total. The van der Waals surface area contributed by atoms with Gasteiger partial charge in [0.25, 0.3) is 10.1 Å². The van der Waals surface area contributed by atoms with Crippen LogP contribution in [0.3, 0.4) is 0 Å². The molecule has 1 rings (SSSR count). The fraction of sp³-hybridized carbons (Fsp3) is 0.231. The molecule has 0 spiro atoms. The summed E-state index contributed by atoms with van der Waals surface area (Å²) in [6, 6.07) is 6.54. The molecular weight excluding hydrogens is 236 g/mol. The summed E-state index contributed by atoms with van der Waals surface area (Å²) >= 11 is 0. The van der Waals surface area contributed by atoms with Gasteiger partial charge in [0.05, 0.1) is 11.5 Å². The van der Waals surface area contributed by atoms with Gasteiger partial charge in [0.2, 0.25) is 0 Å². The van der Waals surface area contributed by atoms with Crippen LogP contribution in [0.2, 0.25) is 0 Å². The number of hydrogen-bond donors (Lipinski definition) is 0. The molecule has 0 atom stereocenters. The summed E-state index contributed by atoms with van der Waals surface area (Å²) in [5.41, 5.74) is 1.76. The predicted molar refractivity (Wildman–Crippen MR) is 68.3 cm³/mol. The van der Waals surface area contributed by atoms with E-state index in [1.807, 2.05) is 6.92 Å². The molecule has 17 heavy (non-hydrogen) atoms. The predicted octanol–water partition coefficient (Wildman–Crippen LogP) is 2.83. The summed E-state index contributed by atoms with van der Waals surface area (Å²) in [5, 5.41) is 0. The molecule has 0 saturated carbocycles. The van der Waals surface area contributed by atoms with E-state index in [9.17, 15) is 8.42 Å². The first-order valence-electron chi connectivity index (χ1n) is 5.22. The van der Waals surface area contributed by atoms with Crippen molar-refractivity contribution in [2.24, 2.45) is 0 Å². The zero-order valence-corrected chi connectivity index (χ0v) is 10.7. The van der Waals surface area contributed by atoms with Gasteiger partial charge in [0.15, 0.2) is 0 Å². The van der Waals surface area contributed by atoms with Gasteiger partial charge in [0.1, 0.15) is 0 Å². The summed E-state index contributed by atoms with van der Waals surface area (Å²) in [7, 11) is -3.66. The minimum absolute atomic E-state index is 0.0844. The van der Waals surface area contributed by atoms with E-state index in [1.54, 1.807) is 18.2 Å². The van der Waals surface area contributed by atoms with Crippen LogP contribution in [0.5, 0.6) is 0 Å². The van der Waals surface area contributed by atoms with Crippen molar-refractivity contribution in [2.45, 2.75) is 18.2 Å². The highest BCUT2D eigenvalue weighted by Crippen LogP contribution is 2.14. The second-order valence-corrected chi connectivity index (χ2v) is 5.32. The third-order valence-electron chi connectivity index (χ3n) is 2.26. The van der Waals surface area contributed by atoms with Crippen molar-refractivity contribution in [1.29, 1.82) is 0 Å². The molecule has 0 unspecified atom stereocenters. The maximum absolute atomic E-state index is 11.7. The fourth-order valence-corrected chi connectivity index (χ4v) is 2.07. The average Bonchev–Trinajstić information content (AvgIpc) is 2.29. The van der Waals surface area contributed by atoms with Gasteiger partial charge in [-0.1, -0.05) is 42.5 Å². The summed E-state index contributed by atoms with van der Waals surface area (Å²) in [4.78, 5) is 0.173. The maximum atomic E-state index is 11.7. The third kappa shape index (κ3) is 4.17. The second-order valence-electron chi connectivity index (χ2n) is 3.70. The van der Waals surface area contributed by atoms with Crippen LogP contribution < -0.4 is 0 Å². The van der Waals surface area contributed by atoms with E-state index in [1.165, 1.54) is 12.1 Å². The monoisotopic (exact) mass is 252 g/mol. The SMILES string of the molecule is C=CC(=C)CCOS(=O)(=O)c1ccc(C)cc1. The quantitative estimate of drug-likeness (QED) is 0.577. The Morgan fingerprint density at radius 3 is 2.47 bits per heavy atom. The molecule has 0 radical (unpaired) electrons. The molecule has 0 heterocycles. The molecule has 4 heteroatoms. The highest BCUT2D eigenvalue weighted by Gasteiger charge is 2.14. The van der Waals surface area contributed by atoms with Crippen LogP contribution in [-0.4, -0.2) is 15.0 Å². The molecule has 1 aromatic carbocycles. The summed E-state index contributed by atoms with van der Waals surface area (Å²) in [6.07, 6.45) is 2.04. The Morgan fingerprint density at radius 2 is 1.94 bits per heavy atom. The molecule has 0 bridgehead atoms. The first-order chi connectivity index (χ1) is 7.95. The highest BCUT2D eigenvalue weighted by molar-refractivity contribution is 7.86. The zero-order valence-electron chi connectivity index (χ0n) is 9.85. The van der Waals surface area contributed by atoms with Crippen molar-refractivity contribution in [2.75, 3.05) is 6.61 Å². The number of allylic oxidation sites excluding steroid dienone is 1. The Kier molecular flexibility index (Phi) is 4.66. The van der Waals surface area contributed by atoms with E-state index in [4.69, 9.17) is 4.18 Å². The van der Waals surface area contributed by atoms with Gasteiger partial charge in [-0.2, -0.15) is 8.42 Å². The minimum atomic E-state index is -3.66. The molecule has 0 N–H and O–H groups in total. The van der Waals surface area contributed by atoms with Crippen LogP contribution in [0.15, 0.2) is 54.0 Å². The number of rotatable bonds is 6. The van der Waals surface area contributed by atoms with Gasteiger partial charge in [-0.15, -0.1) is 0 Å². The topological polar surface area (TPSA) is 43.4 Å². The maximum Gasteiger partial charge on any atom is 0.296 e. The summed E-state index contributed by atoms with van der Waals surface area (Å²) in [6.45, 7) is 9.20. The first kappa shape index (κ1) is 13.7. The van der Waals surface area contributed by atoms with Crippen molar-refractivity contribution in [3.63, 3.8) is 0 Å². The fourth-order valence-electron chi connectivity index (χ4n) is 1.16. The van der Waals surface area contributed by atoms with E-state index >= 15 is 0 Å². The molecule has 0 amide bonds. The van der Waals surface area contributed by atoms with Crippen molar-refractivity contribution in [1.82, 2.24) is 0 Å². The Labute approximate surface area is 103 Å². The number of benzene rings is 1. The van der Waals surface area contributed by atoms with Gasteiger partial charge in [-0.05, 0) is 25.5 Å². The molecule has 92 valence electrons. The van der Waals surface area contributed by atoms with E-state index in [-0.39, 0.29) is 11.5 Å². The van der Waals surface area contributed by atoms with Crippen LogP contribution in [-0.2, 0) is 14.3 Å². The number of hydrogen-bond acceptors (Lipinski definition) is 3. The Bertz CT molecular complexity index is 498. The van der Waals surface area contributed by atoms with E-state index in [0.717, 1.165) is 11.1 Å². The summed E-state index contributed by atoms with van der Waals surface area (Å²) in [5.74, 6) is 0. The lowest BCUT2D eigenvalue weighted by molar-refractivity contribution is 0.323. The molecule has 0 aliphatic carbocycles. The first-order valence-corrected chi connectivity index (χ1v) is 6.63. The Balaban J connectivity index is 2.66. The standard InChI is InChI=1S/C13H16O3S/c1-4-11(2)9-10-16-17(14,15)13-7-5-12(3)6-8-13/h4-8H,1-2,9-10H2,3H3. The van der Waals surface area contributed by atoms with Crippen molar-refractivity contribution < 1.29 is 12.6 Å². The normalized spacial score (nSPS) is 11.1. The van der Waals surface area contributed by atoms with Gasteiger partial charge in [-0.3, -0.25) is 4.18 Å². The van der Waals surface area contributed by atoms with Crippen LogP contribution in [0.1, 0.15) is 12.0 Å². The lowest BCUT2D eigenvalue weighted by Crippen LogP contribution is -2.07. The van der Waals surface area contributed by atoms with Crippen molar-refractivity contribution in [3.8, 4) is 0 Å². The Morgan fingerprint density at radius 1 is 1.35 bits per heavy atom. The van der Waals surface area contributed by atoms with Crippen LogP contribution in [0.25, 0.3) is 0 Å². The smallest absolute Gasteiger partial charge is 0.266 e. The van der Waals surface area contributed by atoms with Gasteiger partial charge >= 0.3 is 0 Å². The summed E-state index contributed by atoms with van der Waals surface area (Å²) < 4.78 is 28.4. The molecule has 0 aromatic heterocycles. The third-order valence-corrected chi connectivity index (χ3v) is 3.59. The average molecular weight is 252 g/mol. The van der Waals surface area contributed by atoms with Crippen molar-refractivity contribution >= 4 is 10.1 Å². The molecule has 1 aromatic rings. The van der Waals surface area contributed by atoms with Gasteiger partial charge in [0, 0.05) is 0 Å². The largest absolute Gasteiger partial charge is 0.296 e. The van der Waals surface area contributed by atoms with E-state index in [2.05, 4.69) is 13.2 Å². The molecule has 0 fully saturated rings. The van der Waals surface area contributed by atoms with Gasteiger partial charge in [-0.25, -0.2) is 0 Å². The van der Waals surface area contributed by atoms with E-state index < -0.39 is 10.1 Å². The molecule has 0 aliphatic rings. The van der Waals surface area contributed by atoms with Crippen LogP contribution in [0, 0.1) is 6.92 Å². The second kappa shape index (κ2) is 5.80. The van der Waals surface area contributed by atoms with Gasteiger partial charge < -0.3 is 0 Å². The van der Waals surface area contributed by atoms with E-state index in [0.29, 0.717) is 6.42 Å². The Hall–Kier alpha value is -1.39. The lowest BCUT2D eigenvalue weighted by Gasteiger charge is -2.05. The van der Waals surface area contributed by atoms with Crippen LogP contribution in [0.4, 0.5) is 0 Å². The van der Waals surface area contributed by atoms with Crippen LogP contribution >= 0.6 is 0 Å². The zero-order chi connectivity index (χ0) is 12.9. The number of aryl methyl sites for hydroxylation is 1. The molecular formula is C13H16O3S.